The van der Waals surface area contributed by atoms with E-state index in [0.717, 1.165) is 36.4 Å². The van der Waals surface area contributed by atoms with Crippen molar-refractivity contribution in [3.8, 4) is 0 Å². The van der Waals surface area contributed by atoms with E-state index in [0.29, 0.717) is 43.7 Å². The van der Waals surface area contributed by atoms with Gasteiger partial charge in [-0.1, -0.05) is 113 Å². The van der Waals surface area contributed by atoms with Crippen LogP contribution >= 0.6 is 0 Å². The van der Waals surface area contributed by atoms with E-state index >= 15 is 0 Å². The molecule has 0 aliphatic carbocycles. The van der Waals surface area contributed by atoms with Crippen LogP contribution in [0.3, 0.4) is 0 Å². The molecule has 0 bridgehead atoms. The summed E-state index contributed by atoms with van der Waals surface area (Å²) >= 11 is 0. The number of carboxylic acids is 2. The number of ether oxygens (including phenoxy) is 2. The number of unbranched alkanes of at least 4 members (excludes halogenated alkanes) is 1. The van der Waals surface area contributed by atoms with E-state index in [1.54, 1.807) is 54.1 Å². The van der Waals surface area contributed by atoms with Crippen molar-refractivity contribution in [2.24, 2.45) is 35.0 Å². The van der Waals surface area contributed by atoms with E-state index in [1.165, 1.54) is 14.2 Å². The molecule has 1 saturated heterocycles. The van der Waals surface area contributed by atoms with Crippen LogP contribution in [-0.2, 0) is 68.6 Å². The highest BCUT2D eigenvalue weighted by Gasteiger charge is 2.44. The van der Waals surface area contributed by atoms with Crippen LogP contribution in [0.2, 0.25) is 0 Å². The fourth-order valence-corrected chi connectivity index (χ4v) is 12.4. The molecule has 2 aliphatic rings. The number of nitrogens with zero attached hydrogens (tertiary/aromatic N) is 4. The van der Waals surface area contributed by atoms with Crippen molar-refractivity contribution in [1.82, 2.24) is 46.2 Å². The minimum absolute atomic E-state index is 0.0394. The number of rotatable bonds is 40. The van der Waals surface area contributed by atoms with Crippen LogP contribution in [0.15, 0.2) is 42.5 Å². The number of hydrogen-bond acceptors (Lipinski definition) is 14. The first-order valence-corrected chi connectivity index (χ1v) is 32.1. The number of likely N-dealkylation sites (tertiary alicyclic amines) is 1. The molecular weight excluding hydrogens is 1160 g/mol. The summed E-state index contributed by atoms with van der Waals surface area (Å²) in [4.78, 5) is 153. The zero-order valence-electron chi connectivity index (χ0n) is 56.1. The maximum absolute atomic E-state index is 14.8. The molecule has 90 heavy (non-hydrogen) atoms. The minimum atomic E-state index is -1.56. The summed E-state index contributed by atoms with van der Waals surface area (Å²) in [6.07, 6.45) is 3.27. The molecule has 1 aromatic rings. The number of carboxylic acid groups (broad SMARTS) is 2. The molecule has 9 amide bonds. The molecule has 506 valence electrons. The van der Waals surface area contributed by atoms with E-state index in [9.17, 15) is 63.0 Å². The smallest absolute Gasteiger partial charge is 0.326 e. The second kappa shape index (κ2) is 37.5. The topological polar surface area (TPSA) is 320 Å². The second-order valence-corrected chi connectivity index (χ2v) is 26.5. The van der Waals surface area contributed by atoms with Crippen LogP contribution in [0.1, 0.15) is 159 Å². The van der Waals surface area contributed by atoms with Crippen LogP contribution in [0, 0.1) is 35.0 Å². The van der Waals surface area contributed by atoms with Crippen LogP contribution < -0.4 is 26.6 Å². The highest BCUT2D eigenvalue weighted by molar-refractivity contribution is 6.13. The summed E-state index contributed by atoms with van der Waals surface area (Å²) in [5.41, 5.74) is 0.809. The molecule has 7 N–H and O–H groups in total. The molecule has 24 nitrogen and oxygen atoms in total. The number of aliphatic carboxylic acids is 2. The molecule has 24 heteroatoms. The van der Waals surface area contributed by atoms with Gasteiger partial charge in [-0.2, -0.15) is 0 Å². The minimum Gasteiger partial charge on any atom is -0.481 e. The summed E-state index contributed by atoms with van der Waals surface area (Å²) in [6, 6.07) is 1.78. The Labute approximate surface area is 533 Å². The van der Waals surface area contributed by atoms with Gasteiger partial charge in [0.15, 0.2) is 0 Å². The van der Waals surface area contributed by atoms with Gasteiger partial charge in [0.2, 0.25) is 41.4 Å². The van der Waals surface area contributed by atoms with Crippen LogP contribution in [0.4, 0.5) is 0 Å². The summed E-state index contributed by atoms with van der Waals surface area (Å²) in [7, 11) is 6.59. The SMILES string of the molecule is CC[C@H](C)[C@@H]([C@@H](CC(=O)N1CCC[C@H]1[C@H](OC)[C@@H](C)C(=O)N[C@@H](Cc1ccccc1)C(=O)N[C@@H](CCC(=O)O)C(=O)N[C@@H](CCCCNC(=O)CCN1C(=O)C=CC1=O)C(=O)O)OC)N(C)C(=O)[C@@H](NC(=O)[C@H](C(C)C)N(C)CCC(C)CC(C)(C)C)C(C)C. The fourth-order valence-electron chi connectivity index (χ4n) is 12.4. The van der Waals surface area contributed by atoms with Crippen molar-refractivity contribution in [1.29, 1.82) is 0 Å². The predicted molar refractivity (Wildman–Crippen MR) is 340 cm³/mol. The van der Waals surface area contributed by atoms with E-state index in [2.05, 4.69) is 59.2 Å². The maximum Gasteiger partial charge on any atom is 0.326 e. The lowest BCUT2D eigenvalue weighted by molar-refractivity contribution is -0.148. The Bertz CT molecular complexity index is 2580. The van der Waals surface area contributed by atoms with E-state index in [1.807, 2.05) is 48.6 Å². The molecule has 0 saturated carbocycles. The number of carbonyl (C=O) groups excluding carboxylic acids is 9. The van der Waals surface area contributed by atoms with Crippen molar-refractivity contribution in [2.45, 2.75) is 214 Å². The van der Waals surface area contributed by atoms with Gasteiger partial charge in [-0.05, 0) is 99.6 Å². The maximum atomic E-state index is 14.8. The lowest BCUT2D eigenvalue weighted by Gasteiger charge is -2.41. The third-order valence-corrected chi connectivity index (χ3v) is 17.3. The largest absolute Gasteiger partial charge is 0.481 e. The van der Waals surface area contributed by atoms with Crippen LogP contribution in [0.25, 0.3) is 0 Å². The van der Waals surface area contributed by atoms with Crippen LogP contribution in [-0.4, -0.2) is 204 Å². The van der Waals surface area contributed by atoms with E-state index in [-0.39, 0.29) is 86.1 Å². The van der Waals surface area contributed by atoms with Crippen molar-refractivity contribution in [2.75, 3.05) is 54.5 Å². The Morgan fingerprint density at radius 2 is 1.34 bits per heavy atom. The first kappa shape index (κ1) is 77.5. The average Bonchev–Trinajstić information content (AvgIpc) is 1.70. The quantitative estimate of drug-likeness (QED) is 0.0346. The Kier molecular flexibility index (Phi) is 32.3. The van der Waals surface area contributed by atoms with Gasteiger partial charge in [-0.25, -0.2) is 4.79 Å². The number of nitrogens with one attached hydrogen (secondary N) is 5. The van der Waals surface area contributed by atoms with Gasteiger partial charge >= 0.3 is 11.9 Å². The Morgan fingerprint density at radius 3 is 1.90 bits per heavy atom. The summed E-state index contributed by atoms with van der Waals surface area (Å²) < 4.78 is 12.2. The van der Waals surface area contributed by atoms with Gasteiger partial charge < -0.3 is 56.1 Å². The lowest BCUT2D eigenvalue weighted by Crippen LogP contribution is -2.60. The molecule has 0 aromatic heterocycles. The molecule has 2 heterocycles. The van der Waals surface area contributed by atoms with Crippen molar-refractivity contribution in [3.63, 3.8) is 0 Å². The van der Waals surface area contributed by atoms with E-state index in [4.69, 9.17) is 9.47 Å². The van der Waals surface area contributed by atoms with Gasteiger partial charge in [0.05, 0.1) is 42.7 Å². The fraction of sp³-hybridized carbons (Fsp3) is 0.712. The summed E-state index contributed by atoms with van der Waals surface area (Å²) in [6.45, 7) is 23.4. The molecular formula is C66H107N9O15. The Hall–Kier alpha value is -6.79. The zero-order chi connectivity index (χ0) is 67.7. The van der Waals surface area contributed by atoms with Crippen molar-refractivity contribution in [3.05, 3.63) is 48.0 Å². The Morgan fingerprint density at radius 1 is 0.733 bits per heavy atom. The van der Waals surface area contributed by atoms with Gasteiger partial charge in [0, 0.05) is 72.3 Å². The molecule has 0 radical (unpaired) electrons. The number of hydrogen-bond donors (Lipinski definition) is 7. The number of methoxy groups -OCH3 is 2. The number of likely N-dealkylation sites (N-methyl/N-ethyl adjacent to an activating group) is 2. The molecule has 12 atom stereocenters. The number of carbonyl (C=O) groups is 11. The first-order valence-electron chi connectivity index (χ1n) is 32.1. The third-order valence-electron chi connectivity index (χ3n) is 17.3. The molecule has 3 rings (SSSR count). The molecule has 0 spiro atoms. The second-order valence-electron chi connectivity index (χ2n) is 26.5. The Balaban J connectivity index is 1.79. The standard InChI is InChI=1S/C66H107N9O15/c1-16-43(7)58(73(13)64(86)56(40(2)3)71-63(85)57(41(4)5)72(12)35-31-42(6)39-66(9,10)11)50(89-14)38-54(79)74-34-22-26-49(74)59(90-15)44(8)60(82)70-48(37-45-23-18-17-19-24-45)62(84)68-46(27-30-55(80)81)61(83)69-47(65(87)88)25-20-21-33-67-51(76)32-36-75-52(77)28-29-53(75)78/h17-19,23-24,28-29,40-44,46-50,56-59H,16,20-22,25-27,30-39H2,1-15H3,(H,67,76)(H,68,84)(H,69,83)(H,70,82)(H,71,85)(H,80,81)(H,87,88)/t42?,43-,44+,46-,47-,48-,49-,50+,56-,57-,58-,59+/m0/s1. The molecule has 1 aromatic carbocycles. The third kappa shape index (κ3) is 24.4. The molecule has 1 unspecified atom stereocenters. The summed E-state index contributed by atoms with van der Waals surface area (Å²) in [5, 5.41) is 33.3. The highest BCUT2D eigenvalue weighted by atomic mass is 16.5. The van der Waals surface area contributed by atoms with Crippen molar-refractivity contribution < 1.29 is 72.4 Å². The van der Waals surface area contributed by atoms with Gasteiger partial charge in [0.1, 0.15) is 24.2 Å². The lowest BCUT2D eigenvalue weighted by atomic mass is 9.84. The van der Waals surface area contributed by atoms with Gasteiger partial charge in [0.25, 0.3) is 11.8 Å². The van der Waals surface area contributed by atoms with Gasteiger partial charge in [-0.15, -0.1) is 0 Å². The zero-order valence-corrected chi connectivity index (χ0v) is 56.1. The molecule has 1 fully saturated rings. The number of imide groups is 1. The number of benzene rings is 1. The summed E-state index contributed by atoms with van der Waals surface area (Å²) in [5.74, 6) is -8.44. The van der Waals surface area contributed by atoms with E-state index < -0.39 is 121 Å². The van der Waals surface area contributed by atoms with Crippen LogP contribution in [0.5, 0.6) is 0 Å². The normalized spacial score (nSPS) is 18.0. The average molecular weight is 1270 g/mol. The molecule has 2 aliphatic heterocycles. The van der Waals surface area contributed by atoms with Gasteiger partial charge in [-0.3, -0.25) is 57.7 Å². The monoisotopic (exact) mass is 1270 g/mol. The number of amides is 9. The highest BCUT2D eigenvalue weighted by Crippen LogP contribution is 2.31. The first-order chi connectivity index (χ1) is 42.3. The predicted octanol–water partition coefficient (Wildman–Crippen LogP) is 4.71. The van der Waals surface area contributed by atoms with Crippen molar-refractivity contribution >= 4 is 65.1 Å².